The first-order valence-electron chi connectivity index (χ1n) is 16.6. The van der Waals surface area contributed by atoms with Crippen molar-refractivity contribution in [3.8, 4) is 11.5 Å². The number of anilines is 1. The number of benzene rings is 5. The van der Waals surface area contributed by atoms with E-state index >= 15 is 14.4 Å². The van der Waals surface area contributed by atoms with E-state index < -0.39 is 40.4 Å². The molecular formula is C43H33NO7. The molecule has 2 amide bonds. The van der Waals surface area contributed by atoms with Crippen molar-refractivity contribution in [3.63, 3.8) is 0 Å². The van der Waals surface area contributed by atoms with Crippen LogP contribution in [0.1, 0.15) is 32.6 Å². The minimum atomic E-state index is -1.58. The summed E-state index contributed by atoms with van der Waals surface area (Å²) in [6.07, 6.45) is 0. The highest BCUT2D eigenvalue weighted by molar-refractivity contribution is 6.39. The minimum Gasteiger partial charge on any atom is -0.497 e. The molecule has 0 unspecified atom stereocenters. The molecule has 51 heavy (non-hydrogen) atoms. The van der Waals surface area contributed by atoms with Crippen LogP contribution in [0.25, 0.3) is 11.1 Å². The molecule has 5 aromatic rings. The van der Waals surface area contributed by atoms with E-state index in [4.69, 9.17) is 14.2 Å². The van der Waals surface area contributed by atoms with Gasteiger partial charge in [0.05, 0.1) is 55.2 Å². The summed E-state index contributed by atoms with van der Waals surface area (Å²) in [6, 6.07) is 39.9. The Hall–Kier alpha value is -6.28. The monoisotopic (exact) mass is 675 g/mol. The lowest BCUT2D eigenvalue weighted by atomic mass is 9.59. The summed E-state index contributed by atoms with van der Waals surface area (Å²) in [7, 11) is 4.45. The van der Waals surface area contributed by atoms with Gasteiger partial charge >= 0.3 is 5.97 Å². The quantitative estimate of drug-likeness (QED) is 0.134. The first-order valence-corrected chi connectivity index (χ1v) is 16.6. The van der Waals surface area contributed by atoms with Gasteiger partial charge in [-0.25, -0.2) is 9.69 Å². The van der Waals surface area contributed by atoms with Crippen LogP contribution in [0.15, 0.2) is 133 Å². The first-order chi connectivity index (χ1) is 24.8. The fourth-order valence-electron chi connectivity index (χ4n) is 8.78. The number of ketones is 1. The molecule has 8 rings (SSSR count). The lowest BCUT2D eigenvalue weighted by Gasteiger charge is -2.39. The number of allylic oxidation sites excluding steroid dienone is 2. The number of methoxy groups -OCH3 is 3. The van der Waals surface area contributed by atoms with Crippen LogP contribution < -0.4 is 14.4 Å². The van der Waals surface area contributed by atoms with Gasteiger partial charge < -0.3 is 14.2 Å². The molecule has 1 saturated carbocycles. The molecule has 0 spiro atoms. The lowest BCUT2D eigenvalue weighted by Crippen LogP contribution is -2.45. The normalized spacial score (nSPS) is 23.4. The molecule has 2 aliphatic carbocycles. The maximum Gasteiger partial charge on any atom is 0.337 e. The average Bonchev–Trinajstić information content (AvgIpc) is 3.70. The fourth-order valence-corrected chi connectivity index (χ4v) is 8.78. The number of fused-ring (bicyclic) bond motifs is 5. The Morgan fingerprint density at radius 3 is 1.43 bits per heavy atom. The van der Waals surface area contributed by atoms with E-state index in [0.717, 1.165) is 16.0 Å². The van der Waals surface area contributed by atoms with Crippen molar-refractivity contribution in [3.05, 3.63) is 161 Å². The second-order valence-corrected chi connectivity index (χ2v) is 12.9. The Bertz CT molecular complexity index is 2120. The third kappa shape index (κ3) is 4.26. The molecule has 2 fully saturated rings. The molecule has 0 N–H and O–H groups in total. The number of amides is 2. The van der Waals surface area contributed by atoms with Gasteiger partial charge in [-0.3, -0.25) is 14.4 Å². The number of nitrogens with zero attached hydrogens (tertiary/aromatic N) is 1. The molecule has 0 aromatic heterocycles. The van der Waals surface area contributed by atoms with E-state index in [1.165, 1.54) is 13.2 Å². The summed E-state index contributed by atoms with van der Waals surface area (Å²) in [5.74, 6) is -2.81. The number of carbonyl (C=O) groups excluding carboxylic acids is 4. The van der Waals surface area contributed by atoms with Crippen molar-refractivity contribution < 1.29 is 33.4 Å². The summed E-state index contributed by atoms with van der Waals surface area (Å²) in [5, 5.41) is 0. The van der Waals surface area contributed by atoms with Crippen LogP contribution >= 0.6 is 0 Å². The van der Waals surface area contributed by atoms with Gasteiger partial charge in [-0.2, -0.15) is 0 Å². The molecule has 1 aliphatic heterocycles. The van der Waals surface area contributed by atoms with Gasteiger partial charge in [0.1, 0.15) is 11.5 Å². The van der Waals surface area contributed by atoms with Crippen molar-refractivity contribution in [1.82, 2.24) is 0 Å². The largest absolute Gasteiger partial charge is 0.497 e. The van der Waals surface area contributed by atoms with E-state index in [9.17, 15) is 4.79 Å². The average molecular weight is 676 g/mol. The summed E-state index contributed by atoms with van der Waals surface area (Å²) in [5.41, 5.74) is 1.26. The lowest BCUT2D eigenvalue weighted by molar-refractivity contribution is -0.130. The smallest absolute Gasteiger partial charge is 0.337 e. The van der Waals surface area contributed by atoms with E-state index in [2.05, 4.69) is 0 Å². The van der Waals surface area contributed by atoms with E-state index in [1.807, 2.05) is 109 Å². The summed E-state index contributed by atoms with van der Waals surface area (Å²) in [6.45, 7) is 0. The zero-order chi connectivity index (χ0) is 35.5. The number of imide groups is 1. The molecule has 0 radical (unpaired) electrons. The predicted molar refractivity (Wildman–Crippen MR) is 191 cm³/mol. The number of hydrogen-bond acceptors (Lipinski definition) is 7. The van der Waals surface area contributed by atoms with Crippen molar-refractivity contribution >= 4 is 40.4 Å². The van der Waals surface area contributed by atoms with E-state index in [1.54, 1.807) is 32.4 Å². The van der Waals surface area contributed by atoms with Gasteiger partial charge in [-0.15, -0.1) is 0 Å². The molecule has 5 aromatic carbocycles. The van der Waals surface area contributed by atoms with Crippen molar-refractivity contribution in [2.75, 3.05) is 26.2 Å². The molecule has 3 aliphatic rings. The number of hydrogen-bond donors (Lipinski definition) is 0. The molecule has 1 saturated heterocycles. The number of rotatable bonds is 8. The van der Waals surface area contributed by atoms with Crippen LogP contribution in [0.2, 0.25) is 0 Å². The fraction of sp³-hybridized carbons (Fsp3) is 0.163. The summed E-state index contributed by atoms with van der Waals surface area (Å²) < 4.78 is 16.0. The van der Waals surface area contributed by atoms with E-state index in [-0.39, 0.29) is 17.0 Å². The minimum absolute atomic E-state index is 0.193. The van der Waals surface area contributed by atoms with Crippen LogP contribution in [0.5, 0.6) is 11.5 Å². The van der Waals surface area contributed by atoms with Crippen molar-refractivity contribution in [2.24, 2.45) is 11.8 Å². The second-order valence-electron chi connectivity index (χ2n) is 12.9. The zero-order valence-electron chi connectivity index (χ0n) is 28.2. The number of ether oxygens (including phenoxy) is 3. The van der Waals surface area contributed by atoms with Gasteiger partial charge in [-0.1, -0.05) is 91.0 Å². The maximum atomic E-state index is 16.1. The van der Waals surface area contributed by atoms with Crippen molar-refractivity contribution in [1.29, 1.82) is 0 Å². The Morgan fingerprint density at radius 2 is 1.02 bits per heavy atom. The molecular weight excluding hydrogens is 642 g/mol. The number of Topliss-reactive ketones (excluding diaryl/α,β-unsaturated/α-hetero) is 1. The van der Waals surface area contributed by atoms with Crippen LogP contribution in [0.3, 0.4) is 0 Å². The van der Waals surface area contributed by atoms with Gasteiger partial charge in [-0.05, 0) is 75.9 Å². The molecule has 4 atom stereocenters. The van der Waals surface area contributed by atoms with Gasteiger partial charge in [0.25, 0.3) is 0 Å². The predicted octanol–water partition coefficient (Wildman–Crippen LogP) is 6.68. The molecule has 2 bridgehead atoms. The molecule has 8 heteroatoms. The number of esters is 1. The third-order valence-corrected chi connectivity index (χ3v) is 10.7. The summed E-state index contributed by atoms with van der Waals surface area (Å²) in [4.78, 5) is 60.3. The van der Waals surface area contributed by atoms with Crippen LogP contribution in [0.4, 0.5) is 5.69 Å². The Morgan fingerprint density at radius 1 is 0.569 bits per heavy atom. The highest BCUT2D eigenvalue weighted by atomic mass is 16.5. The number of carbonyl (C=O) groups is 4. The zero-order valence-corrected chi connectivity index (χ0v) is 28.2. The topological polar surface area (TPSA) is 99.2 Å². The van der Waals surface area contributed by atoms with Crippen LogP contribution in [-0.4, -0.2) is 44.9 Å². The second kappa shape index (κ2) is 11.9. The molecule has 8 nitrogen and oxygen atoms in total. The standard InChI is InChI=1S/C43H33NO7/c1-49-32-21-17-26(18-22-32)34-35(27-19-23-33(50-2)24-20-27)43(30-14-8-5-9-15-30)37-36(42(34,41(43)48)29-12-6-4-7-13-29)38(45)44(39(37)46)31-16-10-11-28(25-31)40(47)51-3/h4-25,36-37H,1-3H3/t36-,37+,42-,43-/m0/s1. The van der Waals surface area contributed by atoms with Gasteiger partial charge in [0.2, 0.25) is 11.8 Å². The SMILES string of the molecule is COC(=O)c1cccc(N2C(=O)[C@@H]3[C@H](C2=O)[C@@]2(c4ccccc4)C(=O)[C@@]3(c3ccccc3)C(c3ccc(OC)cc3)=C2c2ccc(OC)cc2)c1. The highest BCUT2D eigenvalue weighted by Gasteiger charge is 2.82. The van der Waals surface area contributed by atoms with Crippen molar-refractivity contribution in [2.45, 2.75) is 10.8 Å². The molecule has 1 heterocycles. The highest BCUT2D eigenvalue weighted by Crippen LogP contribution is 2.74. The Labute approximate surface area is 294 Å². The maximum absolute atomic E-state index is 16.1. The van der Waals surface area contributed by atoms with E-state index in [0.29, 0.717) is 33.8 Å². The Balaban J connectivity index is 1.51. The summed E-state index contributed by atoms with van der Waals surface area (Å²) >= 11 is 0. The first kappa shape index (κ1) is 32.0. The molecule has 252 valence electrons. The van der Waals surface area contributed by atoms with Gasteiger partial charge in [0, 0.05) is 0 Å². The van der Waals surface area contributed by atoms with Crippen LogP contribution in [-0.2, 0) is 30.0 Å². The van der Waals surface area contributed by atoms with Crippen LogP contribution in [0, 0.1) is 11.8 Å². The van der Waals surface area contributed by atoms with Gasteiger partial charge in [0.15, 0.2) is 5.78 Å². The Kier molecular flexibility index (Phi) is 7.49. The third-order valence-electron chi connectivity index (χ3n) is 10.7.